The first kappa shape index (κ1) is 25.0. The van der Waals surface area contributed by atoms with Crippen LogP contribution in [0.5, 0.6) is 5.75 Å². The van der Waals surface area contributed by atoms with Crippen molar-refractivity contribution in [3.8, 4) is 5.75 Å². The van der Waals surface area contributed by atoms with E-state index in [1.165, 1.54) is 0 Å². The van der Waals surface area contributed by atoms with Gasteiger partial charge in [0, 0.05) is 11.6 Å². The second kappa shape index (κ2) is 10.1. The van der Waals surface area contributed by atoms with Crippen molar-refractivity contribution in [2.75, 3.05) is 0 Å². The minimum Gasteiger partial charge on any atom is -0.489 e. The molecule has 0 radical (unpaired) electrons. The lowest BCUT2D eigenvalue weighted by Gasteiger charge is -2.25. The predicted octanol–water partition coefficient (Wildman–Crippen LogP) is 7.39. The Kier molecular flexibility index (Phi) is 6.45. The van der Waals surface area contributed by atoms with Crippen LogP contribution in [-0.2, 0) is 13.2 Å². The summed E-state index contributed by atoms with van der Waals surface area (Å²) in [6, 6.07) is 28.2. The van der Waals surface area contributed by atoms with Crippen LogP contribution in [0.1, 0.15) is 50.0 Å². The lowest BCUT2D eigenvalue weighted by atomic mass is 9.97. The third-order valence-corrected chi connectivity index (χ3v) is 7.55. The van der Waals surface area contributed by atoms with E-state index in [2.05, 4.69) is 0 Å². The zero-order chi connectivity index (χ0) is 27.1. The molecule has 1 aliphatic heterocycles. The van der Waals surface area contributed by atoms with Crippen LogP contribution in [0.15, 0.2) is 100 Å². The topological polar surface area (TPSA) is 59.8 Å². The van der Waals surface area contributed by atoms with Gasteiger partial charge in [0.25, 0.3) is 5.91 Å². The van der Waals surface area contributed by atoms with Gasteiger partial charge in [0.05, 0.1) is 17.0 Å². The van der Waals surface area contributed by atoms with Gasteiger partial charge >= 0.3 is 0 Å². The second-order valence-corrected chi connectivity index (χ2v) is 10.3. The molecule has 2 heterocycles. The van der Waals surface area contributed by atoms with Gasteiger partial charge in [-0.05, 0) is 60.4 Å². The van der Waals surface area contributed by atoms with Crippen LogP contribution in [-0.4, -0.2) is 10.8 Å². The Balaban J connectivity index is 1.46. The van der Waals surface area contributed by atoms with Crippen LogP contribution in [0.3, 0.4) is 0 Å². The molecule has 4 aromatic carbocycles. The molecule has 1 unspecified atom stereocenters. The molecule has 0 bridgehead atoms. The van der Waals surface area contributed by atoms with Gasteiger partial charge in [-0.2, -0.15) is 0 Å². The number of hydrogen-bond acceptors (Lipinski definition) is 4. The lowest BCUT2D eigenvalue weighted by Crippen LogP contribution is -2.29. The van der Waals surface area contributed by atoms with Crippen molar-refractivity contribution in [1.29, 1.82) is 0 Å². The quantitative estimate of drug-likeness (QED) is 0.227. The fourth-order valence-electron chi connectivity index (χ4n) is 5.06. The summed E-state index contributed by atoms with van der Waals surface area (Å²) in [5, 5.41) is 0.833. The lowest BCUT2D eigenvalue weighted by molar-refractivity contribution is 0.0714. The normalized spacial score (nSPS) is 14.6. The summed E-state index contributed by atoms with van der Waals surface area (Å²) in [7, 11) is 0. The van der Waals surface area contributed by atoms with Crippen LogP contribution in [0.25, 0.3) is 11.0 Å². The molecule has 0 saturated carbocycles. The van der Waals surface area contributed by atoms with E-state index in [9.17, 15) is 9.59 Å². The van der Waals surface area contributed by atoms with Gasteiger partial charge in [-0.25, -0.2) is 0 Å². The summed E-state index contributed by atoms with van der Waals surface area (Å²) in [5.41, 5.74) is 5.09. The van der Waals surface area contributed by atoms with Crippen LogP contribution in [0.2, 0.25) is 5.02 Å². The molecule has 0 N–H and O–H groups in total. The Labute approximate surface area is 231 Å². The number of aryl methyl sites for hydroxylation is 2. The van der Waals surface area contributed by atoms with Crippen molar-refractivity contribution >= 4 is 28.5 Å². The first-order valence-corrected chi connectivity index (χ1v) is 13.2. The molecule has 0 fully saturated rings. The summed E-state index contributed by atoms with van der Waals surface area (Å²) in [4.78, 5) is 29.5. The molecule has 6 heteroatoms. The van der Waals surface area contributed by atoms with Crippen LogP contribution in [0, 0.1) is 13.8 Å². The Hall–Kier alpha value is -4.35. The molecule has 1 atom stereocenters. The van der Waals surface area contributed by atoms with Gasteiger partial charge in [-0.3, -0.25) is 9.59 Å². The van der Waals surface area contributed by atoms with E-state index in [4.69, 9.17) is 20.8 Å². The molecule has 0 saturated heterocycles. The Bertz CT molecular complexity index is 1760. The molecule has 1 amide bonds. The summed E-state index contributed by atoms with van der Waals surface area (Å²) in [5.74, 6) is 0.399. The van der Waals surface area contributed by atoms with Crippen LogP contribution in [0.4, 0.5) is 0 Å². The zero-order valence-electron chi connectivity index (χ0n) is 21.6. The molecule has 6 rings (SSSR count). The highest BCUT2D eigenvalue weighted by Crippen LogP contribution is 2.40. The highest BCUT2D eigenvalue weighted by molar-refractivity contribution is 6.32. The maximum absolute atomic E-state index is 13.9. The SMILES string of the molecule is Cc1ccc(CN2C(=O)c3oc4cc(C)c(Cl)cc4c(=O)c3C2c2cccc(OCc3ccccc3)c2)cc1. The number of halogens is 1. The summed E-state index contributed by atoms with van der Waals surface area (Å²) >= 11 is 6.37. The number of carbonyl (C=O) groups is 1. The van der Waals surface area contributed by atoms with E-state index in [-0.39, 0.29) is 17.1 Å². The van der Waals surface area contributed by atoms with E-state index in [1.807, 2.05) is 92.7 Å². The first-order chi connectivity index (χ1) is 18.9. The van der Waals surface area contributed by atoms with Gasteiger partial charge < -0.3 is 14.1 Å². The highest BCUT2D eigenvalue weighted by Gasteiger charge is 2.43. The highest BCUT2D eigenvalue weighted by atomic mass is 35.5. The summed E-state index contributed by atoms with van der Waals surface area (Å²) in [6.07, 6.45) is 0. The number of hydrogen-bond donors (Lipinski definition) is 0. The third-order valence-electron chi connectivity index (χ3n) is 7.14. The standard InChI is InChI=1S/C33H26ClNO4/c1-20-11-13-22(14-12-20)18-35-30(24-9-6-10-25(16-24)38-19-23-7-4-3-5-8-23)29-31(36)26-17-27(34)21(2)15-28(26)39-32(29)33(35)37/h3-17,30H,18-19H2,1-2H3. The second-order valence-electron chi connectivity index (χ2n) is 9.94. The fraction of sp³-hybridized carbons (Fsp3) is 0.152. The van der Waals surface area contributed by atoms with Gasteiger partial charge in [-0.15, -0.1) is 0 Å². The Morgan fingerprint density at radius 1 is 0.872 bits per heavy atom. The molecule has 0 spiro atoms. The maximum atomic E-state index is 13.9. The van der Waals surface area contributed by atoms with Crippen molar-refractivity contribution in [1.82, 2.24) is 4.90 Å². The average Bonchev–Trinajstić information content (AvgIpc) is 3.22. The van der Waals surface area contributed by atoms with Crippen LogP contribution < -0.4 is 10.2 Å². The number of ether oxygens (including phenoxy) is 1. The zero-order valence-corrected chi connectivity index (χ0v) is 22.4. The number of fused-ring (bicyclic) bond motifs is 2. The fourth-order valence-corrected chi connectivity index (χ4v) is 5.22. The maximum Gasteiger partial charge on any atom is 0.291 e. The number of benzene rings is 4. The van der Waals surface area contributed by atoms with Gasteiger partial charge in [0.1, 0.15) is 17.9 Å². The minimum absolute atomic E-state index is 0.0712. The van der Waals surface area contributed by atoms with Crippen LogP contribution >= 0.6 is 11.6 Å². The van der Waals surface area contributed by atoms with E-state index >= 15 is 0 Å². The Morgan fingerprint density at radius 2 is 1.64 bits per heavy atom. The molecule has 194 valence electrons. The van der Waals surface area contributed by atoms with Crippen molar-refractivity contribution < 1.29 is 13.9 Å². The molecular formula is C33H26ClNO4. The largest absolute Gasteiger partial charge is 0.489 e. The van der Waals surface area contributed by atoms with Gasteiger partial charge in [-0.1, -0.05) is 83.9 Å². The molecule has 5 nitrogen and oxygen atoms in total. The third kappa shape index (κ3) is 4.70. The molecule has 39 heavy (non-hydrogen) atoms. The smallest absolute Gasteiger partial charge is 0.291 e. The molecule has 5 aromatic rings. The Morgan fingerprint density at radius 3 is 2.41 bits per heavy atom. The van der Waals surface area contributed by atoms with E-state index < -0.39 is 6.04 Å². The van der Waals surface area contributed by atoms with Crippen molar-refractivity contribution in [2.45, 2.75) is 33.0 Å². The first-order valence-electron chi connectivity index (χ1n) is 12.8. The van der Waals surface area contributed by atoms with Crippen molar-refractivity contribution in [3.05, 3.63) is 145 Å². The van der Waals surface area contributed by atoms with E-state index in [0.717, 1.165) is 27.8 Å². The molecular weight excluding hydrogens is 510 g/mol. The van der Waals surface area contributed by atoms with Gasteiger partial charge in [0.2, 0.25) is 5.76 Å². The summed E-state index contributed by atoms with van der Waals surface area (Å²) < 4.78 is 12.2. The van der Waals surface area contributed by atoms with Gasteiger partial charge in [0.15, 0.2) is 5.43 Å². The number of nitrogens with zero attached hydrogens (tertiary/aromatic N) is 1. The molecule has 1 aromatic heterocycles. The minimum atomic E-state index is -0.644. The van der Waals surface area contributed by atoms with Crippen molar-refractivity contribution in [3.63, 3.8) is 0 Å². The number of amides is 1. The van der Waals surface area contributed by atoms with E-state index in [0.29, 0.717) is 40.5 Å². The van der Waals surface area contributed by atoms with Crippen molar-refractivity contribution in [2.24, 2.45) is 0 Å². The number of rotatable bonds is 6. The molecule has 0 aliphatic carbocycles. The average molecular weight is 536 g/mol. The summed E-state index contributed by atoms with van der Waals surface area (Å²) in [6.45, 7) is 4.58. The monoisotopic (exact) mass is 535 g/mol. The molecule has 1 aliphatic rings. The number of carbonyl (C=O) groups excluding carboxylic acids is 1. The van der Waals surface area contributed by atoms with E-state index in [1.54, 1.807) is 17.0 Å². The predicted molar refractivity (Wildman–Crippen MR) is 152 cm³/mol.